The van der Waals surface area contributed by atoms with Crippen LogP contribution in [0, 0.1) is 0 Å². The summed E-state index contributed by atoms with van der Waals surface area (Å²) >= 11 is 0. The highest BCUT2D eigenvalue weighted by Crippen LogP contribution is 2.24. The van der Waals surface area contributed by atoms with Gasteiger partial charge in [0.05, 0.1) is 18.2 Å². The SMILES string of the molecule is COC(=O)N1CCC(NC(=O)C(C)N2C(=O)c3ccccc3C2=O)CC1. The first-order valence-electron chi connectivity index (χ1n) is 8.54. The number of benzene rings is 1. The third-order valence-electron chi connectivity index (χ3n) is 4.87. The zero-order chi connectivity index (χ0) is 18.8. The van der Waals surface area contributed by atoms with Crippen LogP contribution in [0.2, 0.25) is 0 Å². The topological polar surface area (TPSA) is 96.0 Å². The van der Waals surface area contributed by atoms with Crippen molar-refractivity contribution in [3.63, 3.8) is 0 Å². The number of ether oxygens (including phenoxy) is 1. The van der Waals surface area contributed by atoms with E-state index in [4.69, 9.17) is 0 Å². The van der Waals surface area contributed by atoms with Crippen LogP contribution < -0.4 is 5.32 Å². The molecule has 3 rings (SSSR count). The number of methoxy groups -OCH3 is 1. The van der Waals surface area contributed by atoms with E-state index in [9.17, 15) is 19.2 Å². The van der Waals surface area contributed by atoms with Crippen molar-refractivity contribution in [2.45, 2.75) is 31.8 Å². The molecule has 0 aromatic heterocycles. The van der Waals surface area contributed by atoms with Gasteiger partial charge in [-0.2, -0.15) is 0 Å². The smallest absolute Gasteiger partial charge is 0.409 e. The Hall–Kier alpha value is -2.90. The molecule has 4 amide bonds. The number of amides is 4. The lowest BCUT2D eigenvalue weighted by Crippen LogP contribution is -2.53. The highest BCUT2D eigenvalue weighted by atomic mass is 16.5. The fourth-order valence-electron chi connectivity index (χ4n) is 3.33. The minimum atomic E-state index is -0.902. The van der Waals surface area contributed by atoms with E-state index in [2.05, 4.69) is 10.1 Å². The van der Waals surface area contributed by atoms with Crippen molar-refractivity contribution in [3.05, 3.63) is 35.4 Å². The van der Waals surface area contributed by atoms with Gasteiger partial charge in [0.25, 0.3) is 11.8 Å². The molecule has 0 bridgehead atoms. The predicted molar refractivity (Wildman–Crippen MR) is 91.5 cm³/mol. The molecule has 1 atom stereocenters. The number of piperidine rings is 1. The molecule has 26 heavy (non-hydrogen) atoms. The number of nitrogens with zero attached hydrogens (tertiary/aromatic N) is 2. The predicted octanol–water partition coefficient (Wildman–Crippen LogP) is 1.02. The van der Waals surface area contributed by atoms with Crippen LogP contribution in [-0.4, -0.2) is 65.9 Å². The number of likely N-dealkylation sites (tertiary alicyclic amines) is 1. The first kappa shape index (κ1) is 17.9. The van der Waals surface area contributed by atoms with Crippen LogP contribution in [0.5, 0.6) is 0 Å². The average molecular weight is 359 g/mol. The van der Waals surface area contributed by atoms with E-state index in [-0.39, 0.29) is 18.0 Å². The second kappa shape index (κ2) is 7.15. The highest BCUT2D eigenvalue weighted by molar-refractivity contribution is 6.22. The molecule has 1 aromatic carbocycles. The van der Waals surface area contributed by atoms with Gasteiger partial charge in [0.15, 0.2) is 0 Å². The van der Waals surface area contributed by atoms with Gasteiger partial charge in [-0.05, 0) is 31.9 Å². The Labute approximate surface area is 151 Å². The van der Waals surface area contributed by atoms with Gasteiger partial charge in [-0.25, -0.2) is 4.79 Å². The fourth-order valence-corrected chi connectivity index (χ4v) is 3.33. The number of carbonyl (C=O) groups is 4. The molecule has 1 unspecified atom stereocenters. The molecule has 0 saturated carbocycles. The number of imide groups is 1. The first-order chi connectivity index (χ1) is 12.4. The Morgan fingerprint density at radius 1 is 1.12 bits per heavy atom. The summed E-state index contributed by atoms with van der Waals surface area (Å²) in [6.07, 6.45) is 0.805. The van der Waals surface area contributed by atoms with Gasteiger partial charge >= 0.3 is 6.09 Å². The first-order valence-corrected chi connectivity index (χ1v) is 8.54. The van der Waals surface area contributed by atoms with Gasteiger partial charge < -0.3 is 15.0 Å². The Bertz CT molecular complexity index is 720. The summed E-state index contributed by atoms with van der Waals surface area (Å²) in [5.41, 5.74) is 0.645. The van der Waals surface area contributed by atoms with Gasteiger partial charge in [-0.1, -0.05) is 12.1 Å². The number of carbonyl (C=O) groups excluding carboxylic acids is 4. The maximum absolute atomic E-state index is 12.5. The standard InChI is InChI=1S/C18H21N3O5/c1-11(21-16(23)13-5-3-4-6-14(13)17(21)24)15(22)19-12-7-9-20(10-8-12)18(25)26-2/h3-6,11-12H,7-10H2,1-2H3,(H,19,22). The second-order valence-corrected chi connectivity index (χ2v) is 6.44. The molecular formula is C18H21N3O5. The van der Waals surface area contributed by atoms with Crippen LogP contribution in [0.25, 0.3) is 0 Å². The quantitative estimate of drug-likeness (QED) is 0.813. The molecule has 0 radical (unpaired) electrons. The molecule has 0 spiro atoms. The van der Waals surface area contributed by atoms with Crippen LogP contribution in [-0.2, 0) is 9.53 Å². The maximum Gasteiger partial charge on any atom is 0.409 e. The number of rotatable bonds is 3. The zero-order valence-corrected chi connectivity index (χ0v) is 14.7. The van der Waals surface area contributed by atoms with Crippen molar-refractivity contribution in [1.29, 1.82) is 0 Å². The number of hydrogen-bond acceptors (Lipinski definition) is 5. The number of nitrogens with one attached hydrogen (secondary N) is 1. The molecule has 138 valence electrons. The van der Waals surface area contributed by atoms with Crippen molar-refractivity contribution in [2.75, 3.05) is 20.2 Å². The summed E-state index contributed by atoms with van der Waals surface area (Å²) in [5.74, 6) is -1.28. The maximum atomic E-state index is 12.5. The molecule has 8 nitrogen and oxygen atoms in total. The second-order valence-electron chi connectivity index (χ2n) is 6.44. The summed E-state index contributed by atoms with van der Waals surface area (Å²) in [5, 5.41) is 2.88. The Morgan fingerprint density at radius 2 is 1.65 bits per heavy atom. The lowest BCUT2D eigenvalue weighted by Gasteiger charge is -2.32. The minimum absolute atomic E-state index is 0.110. The van der Waals surface area contributed by atoms with E-state index in [1.165, 1.54) is 7.11 Å². The van der Waals surface area contributed by atoms with E-state index < -0.39 is 17.9 Å². The van der Waals surface area contributed by atoms with E-state index >= 15 is 0 Å². The summed E-state index contributed by atoms with van der Waals surface area (Å²) in [6, 6.07) is 5.54. The largest absolute Gasteiger partial charge is 0.453 e. The molecule has 2 aliphatic rings. The van der Waals surface area contributed by atoms with Crippen LogP contribution >= 0.6 is 0 Å². The molecule has 1 N–H and O–H groups in total. The van der Waals surface area contributed by atoms with Gasteiger partial charge in [0.1, 0.15) is 6.04 Å². The third kappa shape index (κ3) is 3.14. The Balaban J connectivity index is 1.60. The van der Waals surface area contributed by atoms with Crippen molar-refractivity contribution < 1.29 is 23.9 Å². The normalized spacial score (nSPS) is 18.5. The molecule has 8 heteroatoms. The van der Waals surface area contributed by atoms with Crippen LogP contribution in [0.4, 0.5) is 4.79 Å². The summed E-state index contributed by atoms with van der Waals surface area (Å²) in [7, 11) is 1.33. The molecular weight excluding hydrogens is 338 g/mol. The summed E-state index contributed by atoms with van der Waals surface area (Å²) in [4.78, 5) is 51.6. The molecule has 2 aliphatic heterocycles. The monoisotopic (exact) mass is 359 g/mol. The Morgan fingerprint density at radius 3 is 2.15 bits per heavy atom. The van der Waals surface area contributed by atoms with Gasteiger partial charge in [0, 0.05) is 19.1 Å². The van der Waals surface area contributed by atoms with E-state index in [0.29, 0.717) is 37.1 Å². The zero-order valence-electron chi connectivity index (χ0n) is 14.7. The van der Waals surface area contributed by atoms with Crippen LogP contribution in [0.15, 0.2) is 24.3 Å². The Kier molecular flexibility index (Phi) is 4.92. The molecule has 1 saturated heterocycles. The molecule has 0 aliphatic carbocycles. The minimum Gasteiger partial charge on any atom is -0.453 e. The molecule has 2 heterocycles. The van der Waals surface area contributed by atoms with Gasteiger partial charge in [0.2, 0.25) is 5.91 Å². The van der Waals surface area contributed by atoms with Crippen molar-refractivity contribution in [2.24, 2.45) is 0 Å². The fraction of sp³-hybridized carbons (Fsp3) is 0.444. The number of hydrogen-bond donors (Lipinski definition) is 1. The van der Waals surface area contributed by atoms with Crippen LogP contribution in [0.1, 0.15) is 40.5 Å². The van der Waals surface area contributed by atoms with Gasteiger partial charge in [-0.3, -0.25) is 19.3 Å². The van der Waals surface area contributed by atoms with Crippen molar-refractivity contribution in [1.82, 2.24) is 15.1 Å². The number of fused-ring (bicyclic) bond motifs is 1. The summed E-state index contributed by atoms with van der Waals surface area (Å²) < 4.78 is 4.68. The van der Waals surface area contributed by atoms with E-state index in [1.54, 1.807) is 36.1 Å². The van der Waals surface area contributed by atoms with E-state index in [0.717, 1.165) is 4.90 Å². The van der Waals surface area contributed by atoms with E-state index in [1.807, 2.05) is 0 Å². The lowest BCUT2D eigenvalue weighted by atomic mass is 10.0. The molecule has 1 fully saturated rings. The third-order valence-corrected chi connectivity index (χ3v) is 4.87. The summed E-state index contributed by atoms with van der Waals surface area (Å²) in [6.45, 7) is 2.51. The molecule has 1 aromatic rings. The van der Waals surface area contributed by atoms with Crippen LogP contribution in [0.3, 0.4) is 0 Å². The van der Waals surface area contributed by atoms with Gasteiger partial charge in [-0.15, -0.1) is 0 Å². The highest BCUT2D eigenvalue weighted by Gasteiger charge is 2.41. The lowest BCUT2D eigenvalue weighted by molar-refractivity contribution is -0.125. The van der Waals surface area contributed by atoms with Crippen molar-refractivity contribution in [3.8, 4) is 0 Å². The van der Waals surface area contributed by atoms with Crippen molar-refractivity contribution >= 4 is 23.8 Å². The average Bonchev–Trinajstić information content (AvgIpc) is 2.92.